The number of aromatic nitrogens is 2. The lowest BCUT2D eigenvalue weighted by Gasteiger charge is -2.18. The van der Waals surface area contributed by atoms with Crippen molar-refractivity contribution in [2.45, 2.75) is 26.9 Å². The minimum atomic E-state index is -1.62. The van der Waals surface area contributed by atoms with Crippen molar-refractivity contribution >= 4 is 33.6 Å². The Labute approximate surface area is 277 Å². The summed E-state index contributed by atoms with van der Waals surface area (Å²) in [5, 5.41) is 6.34. The van der Waals surface area contributed by atoms with Crippen LogP contribution in [0, 0.1) is 60.4 Å². The van der Waals surface area contributed by atoms with Crippen molar-refractivity contribution < 1.29 is 44.7 Å². The van der Waals surface area contributed by atoms with E-state index >= 15 is 0 Å². The minimum Gasteiger partial charge on any atom is -0.349 e. The topological polar surface area (TPSA) is 68.1 Å². The zero-order chi connectivity index (χ0) is 35.8. The molecule has 0 bridgehead atoms. The Bertz CT molecular complexity index is 2430. The fourth-order valence-corrected chi connectivity index (χ4v) is 6.87. The van der Waals surface area contributed by atoms with Crippen molar-refractivity contribution in [2.75, 3.05) is 13.1 Å². The summed E-state index contributed by atoms with van der Waals surface area (Å²) in [7, 11) is 0. The third-order valence-corrected chi connectivity index (χ3v) is 9.04. The van der Waals surface area contributed by atoms with Crippen LogP contribution in [0.4, 0.5) is 35.1 Å². The van der Waals surface area contributed by atoms with E-state index < -0.39 is 46.5 Å². The van der Waals surface area contributed by atoms with Crippen molar-refractivity contribution in [1.82, 2.24) is 19.8 Å². The third-order valence-electron chi connectivity index (χ3n) is 9.04. The van der Waals surface area contributed by atoms with E-state index in [1.807, 2.05) is 0 Å². The molecule has 0 atom stereocenters. The smallest absolute Gasteiger partial charge is 0.268 e. The Hall–Kier alpha value is -5.66. The van der Waals surface area contributed by atoms with Crippen molar-refractivity contribution in [1.29, 1.82) is 0 Å². The molecule has 50 heavy (non-hydrogen) atoms. The fraction of sp³-hybridized carbons (Fsp3) is 0.167. The molecule has 4 aromatic carbocycles. The Kier molecular flexibility index (Phi) is 7.91. The standard InChI is InChI=1S/2C18H12F4N2O/c1-8-11-6-10(19)7-12(9-4-13(20)15(22)14(21)5-9)17(11)24-3-2-23-18(25)16(8)24;1-8-11-6-9(19)7-12(10-2-3-13(20)15(22)14(10)21)17(11)24-5-4-23-18(25)16(8)24/h4-7H,2-3H2,1H3,(H,23,25);2-3,6-7H,4-5H2,1H3,(H,23,25). The lowest BCUT2D eigenvalue weighted by molar-refractivity contribution is 0.0920. The summed E-state index contributed by atoms with van der Waals surface area (Å²) in [5.41, 5.74) is 2.83. The highest BCUT2D eigenvalue weighted by molar-refractivity contribution is 6.07. The van der Waals surface area contributed by atoms with Crippen LogP contribution < -0.4 is 10.6 Å². The van der Waals surface area contributed by atoms with Crippen LogP contribution in [0.15, 0.2) is 48.5 Å². The van der Waals surface area contributed by atoms with E-state index in [-0.39, 0.29) is 34.1 Å². The molecule has 0 saturated heterocycles. The van der Waals surface area contributed by atoms with Crippen LogP contribution in [0.3, 0.4) is 0 Å². The van der Waals surface area contributed by atoms with Crippen LogP contribution in [0.2, 0.25) is 0 Å². The lowest BCUT2D eigenvalue weighted by Crippen LogP contribution is -2.35. The highest BCUT2D eigenvalue weighted by Crippen LogP contribution is 2.39. The van der Waals surface area contributed by atoms with Gasteiger partial charge < -0.3 is 19.8 Å². The van der Waals surface area contributed by atoms with E-state index in [1.54, 1.807) is 23.0 Å². The Balaban J connectivity index is 0.000000157. The SMILES string of the molecule is Cc1c2n(c3c(-c4cc(F)c(F)c(F)c4)cc(F)cc13)CCNC2=O.Cc1c2n(c3c(-c4ccc(F)c(F)c4F)cc(F)cc13)CCNC2=O. The van der Waals surface area contributed by atoms with Gasteiger partial charge in [-0.15, -0.1) is 0 Å². The Morgan fingerprint density at radius 3 is 1.54 bits per heavy atom. The molecule has 2 N–H and O–H groups in total. The van der Waals surface area contributed by atoms with E-state index in [2.05, 4.69) is 10.6 Å². The monoisotopic (exact) mass is 696 g/mol. The molecule has 2 aliphatic rings. The lowest BCUT2D eigenvalue weighted by atomic mass is 10.0. The highest BCUT2D eigenvalue weighted by Gasteiger charge is 2.29. The van der Waals surface area contributed by atoms with Gasteiger partial charge in [0.2, 0.25) is 0 Å². The molecule has 6 aromatic rings. The molecule has 2 aromatic heterocycles. The van der Waals surface area contributed by atoms with Gasteiger partial charge in [-0.1, -0.05) is 0 Å². The van der Waals surface area contributed by atoms with E-state index in [4.69, 9.17) is 0 Å². The average molecular weight is 697 g/mol. The van der Waals surface area contributed by atoms with Gasteiger partial charge in [0.15, 0.2) is 34.9 Å². The number of halogens is 8. The first-order valence-corrected chi connectivity index (χ1v) is 15.3. The normalized spacial score (nSPS) is 13.9. The van der Waals surface area contributed by atoms with Crippen molar-refractivity contribution in [2.24, 2.45) is 0 Å². The second-order valence-corrected chi connectivity index (χ2v) is 11.9. The summed E-state index contributed by atoms with van der Waals surface area (Å²) >= 11 is 0. The van der Waals surface area contributed by atoms with Crippen LogP contribution in [0.25, 0.3) is 44.1 Å². The Morgan fingerprint density at radius 1 is 0.540 bits per heavy atom. The Morgan fingerprint density at radius 2 is 1.02 bits per heavy atom. The van der Waals surface area contributed by atoms with E-state index in [0.29, 0.717) is 70.5 Å². The predicted octanol–water partition coefficient (Wildman–Crippen LogP) is 7.83. The number of benzene rings is 4. The van der Waals surface area contributed by atoms with Gasteiger partial charge in [-0.3, -0.25) is 9.59 Å². The molecule has 8 rings (SSSR count). The van der Waals surface area contributed by atoms with Crippen LogP contribution >= 0.6 is 0 Å². The molecule has 0 unspecified atom stereocenters. The van der Waals surface area contributed by atoms with Crippen LogP contribution in [0.1, 0.15) is 32.1 Å². The molecule has 14 heteroatoms. The molecule has 2 aliphatic heterocycles. The van der Waals surface area contributed by atoms with Crippen molar-refractivity contribution in [3.63, 3.8) is 0 Å². The number of rotatable bonds is 2. The molecule has 4 heterocycles. The van der Waals surface area contributed by atoms with E-state index in [0.717, 1.165) is 36.4 Å². The molecule has 0 aliphatic carbocycles. The maximum Gasteiger partial charge on any atom is 0.268 e. The first kappa shape index (κ1) is 32.9. The van der Waals surface area contributed by atoms with Crippen molar-refractivity contribution in [3.8, 4) is 22.3 Å². The average Bonchev–Trinajstić information content (AvgIpc) is 3.53. The second-order valence-electron chi connectivity index (χ2n) is 11.9. The number of aryl methyl sites for hydroxylation is 2. The van der Waals surface area contributed by atoms with Crippen molar-refractivity contribution in [3.05, 3.63) is 118 Å². The number of nitrogens with zero attached hydrogens (tertiary/aromatic N) is 2. The number of nitrogens with one attached hydrogen (secondary N) is 2. The summed E-state index contributed by atoms with van der Waals surface area (Å²) in [6.45, 7) is 4.97. The van der Waals surface area contributed by atoms with E-state index in [9.17, 15) is 44.7 Å². The molecule has 0 radical (unpaired) electrons. The maximum atomic E-state index is 14.3. The minimum absolute atomic E-state index is 0.00665. The largest absolute Gasteiger partial charge is 0.349 e. The molecule has 6 nitrogen and oxygen atoms in total. The quantitative estimate of drug-likeness (QED) is 0.143. The number of hydrogen-bond donors (Lipinski definition) is 2. The molecular formula is C36H24F8N4O2. The van der Waals surface area contributed by atoms with Gasteiger partial charge in [0.25, 0.3) is 11.8 Å². The molecule has 0 fully saturated rings. The summed E-state index contributed by atoms with van der Waals surface area (Å²) in [5.74, 6) is -10.5. The summed E-state index contributed by atoms with van der Waals surface area (Å²) in [4.78, 5) is 24.3. The number of amides is 2. The first-order valence-electron chi connectivity index (χ1n) is 15.3. The zero-order valence-corrected chi connectivity index (χ0v) is 26.2. The van der Waals surface area contributed by atoms with Crippen LogP contribution in [-0.4, -0.2) is 34.0 Å². The van der Waals surface area contributed by atoms with Gasteiger partial charge in [0.1, 0.15) is 23.0 Å². The molecule has 2 amide bonds. The number of fused-ring (bicyclic) bond motifs is 6. The highest BCUT2D eigenvalue weighted by atomic mass is 19.2. The molecule has 0 spiro atoms. The molecular weight excluding hydrogens is 672 g/mol. The van der Waals surface area contributed by atoms with Crippen LogP contribution in [0.5, 0.6) is 0 Å². The van der Waals surface area contributed by atoms with Gasteiger partial charge in [-0.05, 0) is 79.1 Å². The maximum absolute atomic E-state index is 14.3. The van der Waals surface area contributed by atoms with Crippen LogP contribution in [-0.2, 0) is 13.1 Å². The van der Waals surface area contributed by atoms with Gasteiger partial charge in [-0.2, -0.15) is 0 Å². The summed E-state index contributed by atoms with van der Waals surface area (Å²) < 4.78 is 113. The van der Waals surface area contributed by atoms with Gasteiger partial charge >= 0.3 is 0 Å². The number of carbonyl (C=O) groups excluding carboxylic acids is 2. The first-order chi connectivity index (χ1) is 23.8. The third kappa shape index (κ3) is 5.08. The second kappa shape index (κ2) is 12.0. The van der Waals surface area contributed by atoms with Gasteiger partial charge in [0.05, 0.1) is 11.0 Å². The fourth-order valence-electron chi connectivity index (χ4n) is 6.87. The zero-order valence-electron chi connectivity index (χ0n) is 26.2. The van der Waals surface area contributed by atoms with E-state index in [1.165, 1.54) is 12.1 Å². The number of hydrogen-bond acceptors (Lipinski definition) is 2. The predicted molar refractivity (Wildman–Crippen MR) is 169 cm³/mol. The van der Waals surface area contributed by atoms with Gasteiger partial charge in [-0.25, -0.2) is 35.1 Å². The molecule has 0 saturated carbocycles. The molecule has 256 valence electrons. The van der Waals surface area contributed by atoms with Gasteiger partial charge in [0, 0.05) is 53.6 Å². The summed E-state index contributed by atoms with van der Waals surface area (Å²) in [6, 6.07) is 8.25. The summed E-state index contributed by atoms with van der Waals surface area (Å²) in [6.07, 6.45) is 0. The number of carbonyl (C=O) groups is 2.